The van der Waals surface area contributed by atoms with Crippen LogP contribution in [-0.4, -0.2) is 41.5 Å². The fourth-order valence-corrected chi connectivity index (χ4v) is 6.00. The highest BCUT2D eigenvalue weighted by Gasteiger charge is 2.34. The molecule has 1 aromatic heterocycles. The zero-order valence-corrected chi connectivity index (χ0v) is 17.8. The molecule has 2 aromatic carbocycles. The van der Waals surface area contributed by atoms with Gasteiger partial charge in [0.1, 0.15) is 0 Å². The Hall–Kier alpha value is -2.24. The van der Waals surface area contributed by atoms with Gasteiger partial charge in [-0.2, -0.15) is 0 Å². The molecule has 5 heteroatoms. The van der Waals surface area contributed by atoms with Crippen molar-refractivity contribution in [1.82, 2.24) is 9.88 Å². The minimum absolute atomic E-state index is 0.0385. The van der Waals surface area contributed by atoms with Gasteiger partial charge in [0.05, 0.1) is 28.3 Å². The number of carbonyl (C=O) groups is 1. The van der Waals surface area contributed by atoms with Crippen LogP contribution >= 0.6 is 11.3 Å². The lowest BCUT2D eigenvalue weighted by Crippen LogP contribution is -3.17. The number of benzene rings is 2. The van der Waals surface area contributed by atoms with Crippen molar-refractivity contribution in [1.29, 1.82) is 0 Å². The number of quaternary nitrogens is 1. The van der Waals surface area contributed by atoms with Crippen LogP contribution < -0.4 is 4.90 Å². The highest BCUT2D eigenvalue weighted by Crippen LogP contribution is 2.31. The molecule has 1 amide bonds. The van der Waals surface area contributed by atoms with Gasteiger partial charge < -0.3 is 9.80 Å². The van der Waals surface area contributed by atoms with Crippen LogP contribution in [0.2, 0.25) is 0 Å². The number of nitrogens with zero attached hydrogens (tertiary/aromatic N) is 2. The molecular formula is C24H28N3OS+. The van der Waals surface area contributed by atoms with Crippen molar-refractivity contribution in [2.75, 3.05) is 19.6 Å². The van der Waals surface area contributed by atoms with Gasteiger partial charge in [0, 0.05) is 31.8 Å². The van der Waals surface area contributed by atoms with Gasteiger partial charge >= 0.3 is 0 Å². The summed E-state index contributed by atoms with van der Waals surface area (Å²) >= 11 is 1.84. The average Bonchev–Trinajstić information content (AvgIpc) is 3.22. The second-order valence-corrected chi connectivity index (χ2v) is 9.51. The molecule has 1 saturated heterocycles. The fourth-order valence-electron chi connectivity index (χ4n) is 4.87. The maximum absolute atomic E-state index is 13.2. The molecule has 3 aromatic rings. The Labute approximate surface area is 176 Å². The van der Waals surface area contributed by atoms with Gasteiger partial charge in [-0.05, 0) is 36.6 Å². The SMILES string of the molecule is C[C@@H](C(=O)N1CCc2ccccc2C1)[NH+]1CCC(c2nc3ccccc3s2)CC1. The molecule has 0 unspecified atom stereocenters. The Balaban J connectivity index is 1.21. The van der Waals surface area contributed by atoms with Crippen LogP contribution in [0, 0.1) is 0 Å². The van der Waals surface area contributed by atoms with Crippen molar-refractivity contribution in [2.24, 2.45) is 0 Å². The Morgan fingerprint density at radius 2 is 1.83 bits per heavy atom. The van der Waals surface area contributed by atoms with Crippen molar-refractivity contribution < 1.29 is 9.69 Å². The topological polar surface area (TPSA) is 37.6 Å². The largest absolute Gasteiger partial charge is 0.333 e. The molecule has 0 aliphatic carbocycles. The van der Waals surface area contributed by atoms with Crippen LogP contribution in [0.3, 0.4) is 0 Å². The number of likely N-dealkylation sites (tertiary alicyclic amines) is 1. The molecule has 0 bridgehead atoms. The highest BCUT2D eigenvalue weighted by atomic mass is 32.1. The van der Waals surface area contributed by atoms with Gasteiger partial charge in [0.25, 0.3) is 5.91 Å². The number of hydrogen-bond donors (Lipinski definition) is 1. The van der Waals surface area contributed by atoms with Crippen molar-refractivity contribution in [3.8, 4) is 0 Å². The number of hydrogen-bond acceptors (Lipinski definition) is 3. The summed E-state index contributed by atoms with van der Waals surface area (Å²) in [7, 11) is 0. The van der Waals surface area contributed by atoms with E-state index >= 15 is 0 Å². The number of nitrogens with one attached hydrogen (secondary N) is 1. The van der Waals surface area contributed by atoms with E-state index in [1.165, 1.54) is 25.7 Å². The summed E-state index contributed by atoms with van der Waals surface area (Å²) in [6, 6.07) is 17.0. The number of carbonyl (C=O) groups excluding carboxylic acids is 1. The summed E-state index contributed by atoms with van der Waals surface area (Å²) in [5.41, 5.74) is 3.83. The van der Waals surface area contributed by atoms with E-state index in [0.29, 0.717) is 11.8 Å². The molecule has 1 fully saturated rings. The molecule has 29 heavy (non-hydrogen) atoms. The number of piperidine rings is 1. The Kier molecular flexibility index (Phi) is 5.10. The zero-order chi connectivity index (χ0) is 19.8. The molecule has 1 N–H and O–H groups in total. The van der Waals surface area contributed by atoms with E-state index in [1.807, 2.05) is 11.3 Å². The molecule has 3 heterocycles. The first-order valence-corrected chi connectivity index (χ1v) is 11.6. The van der Waals surface area contributed by atoms with E-state index in [1.54, 1.807) is 0 Å². The standard InChI is InChI=1S/C24H27N3OS/c1-17(24(28)27-15-10-18-6-2-3-7-20(18)16-27)26-13-11-19(12-14-26)23-25-21-8-4-5-9-22(21)29-23/h2-9,17,19H,10-16H2,1H3/p+1/t17-/m0/s1. The zero-order valence-electron chi connectivity index (χ0n) is 16.9. The minimum Gasteiger partial charge on any atom is -0.333 e. The van der Waals surface area contributed by atoms with E-state index in [-0.39, 0.29) is 6.04 Å². The van der Waals surface area contributed by atoms with Gasteiger partial charge in [-0.25, -0.2) is 4.98 Å². The van der Waals surface area contributed by atoms with E-state index in [4.69, 9.17) is 4.98 Å². The third kappa shape index (κ3) is 3.69. The van der Waals surface area contributed by atoms with Crippen LogP contribution in [0.4, 0.5) is 0 Å². The third-order valence-electron chi connectivity index (χ3n) is 6.71. The number of thiazole rings is 1. The molecule has 5 rings (SSSR count). The summed E-state index contributed by atoms with van der Waals surface area (Å²) in [6.07, 6.45) is 3.22. The molecule has 2 aliphatic rings. The first-order chi connectivity index (χ1) is 14.2. The van der Waals surface area contributed by atoms with Gasteiger partial charge in [-0.3, -0.25) is 4.79 Å². The number of rotatable bonds is 3. The maximum atomic E-state index is 13.2. The van der Waals surface area contributed by atoms with E-state index < -0.39 is 0 Å². The molecular weight excluding hydrogens is 378 g/mol. The van der Waals surface area contributed by atoms with Crippen LogP contribution in [0.1, 0.15) is 41.8 Å². The number of aromatic nitrogens is 1. The lowest BCUT2D eigenvalue weighted by molar-refractivity contribution is -0.919. The summed E-state index contributed by atoms with van der Waals surface area (Å²) in [6.45, 7) is 5.84. The lowest BCUT2D eigenvalue weighted by atomic mass is 9.95. The summed E-state index contributed by atoms with van der Waals surface area (Å²) < 4.78 is 1.28. The van der Waals surface area contributed by atoms with Gasteiger partial charge in [-0.1, -0.05) is 36.4 Å². The quantitative estimate of drug-likeness (QED) is 0.726. The maximum Gasteiger partial charge on any atom is 0.280 e. The fraction of sp³-hybridized carbons (Fsp3) is 0.417. The predicted octanol–water partition coefficient (Wildman–Crippen LogP) is 3.03. The minimum atomic E-state index is 0.0385. The lowest BCUT2D eigenvalue weighted by Gasteiger charge is -2.36. The van der Waals surface area contributed by atoms with Crippen molar-refractivity contribution in [3.63, 3.8) is 0 Å². The second-order valence-electron chi connectivity index (χ2n) is 8.45. The summed E-state index contributed by atoms with van der Waals surface area (Å²) in [5.74, 6) is 0.855. The monoisotopic (exact) mass is 406 g/mol. The molecule has 2 aliphatic heterocycles. The van der Waals surface area contributed by atoms with Gasteiger partial charge in [0.15, 0.2) is 6.04 Å². The van der Waals surface area contributed by atoms with Crippen molar-refractivity contribution in [3.05, 3.63) is 64.7 Å². The number of para-hydroxylation sites is 1. The van der Waals surface area contributed by atoms with Crippen LogP contribution in [0.25, 0.3) is 10.2 Å². The highest BCUT2D eigenvalue weighted by molar-refractivity contribution is 7.18. The first kappa shape index (κ1) is 18.8. The van der Waals surface area contributed by atoms with Gasteiger partial charge in [-0.15, -0.1) is 11.3 Å². The molecule has 0 spiro atoms. The normalized spacial score (nSPS) is 23.0. The summed E-state index contributed by atoms with van der Waals surface area (Å²) in [5, 5.41) is 1.27. The molecule has 150 valence electrons. The smallest absolute Gasteiger partial charge is 0.280 e. The molecule has 1 atom stereocenters. The third-order valence-corrected chi connectivity index (χ3v) is 7.91. The van der Waals surface area contributed by atoms with Crippen LogP contribution in [0.5, 0.6) is 0 Å². The molecule has 0 saturated carbocycles. The van der Waals surface area contributed by atoms with Gasteiger partial charge in [0.2, 0.25) is 0 Å². The molecule has 4 nitrogen and oxygen atoms in total. The number of amides is 1. The second kappa shape index (κ2) is 7.88. The predicted molar refractivity (Wildman–Crippen MR) is 117 cm³/mol. The Bertz CT molecular complexity index is 989. The van der Waals surface area contributed by atoms with E-state index in [0.717, 1.165) is 51.0 Å². The molecule has 0 radical (unpaired) electrons. The van der Waals surface area contributed by atoms with Crippen LogP contribution in [0.15, 0.2) is 48.5 Å². The number of fused-ring (bicyclic) bond motifs is 2. The Morgan fingerprint density at radius 3 is 2.62 bits per heavy atom. The Morgan fingerprint density at radius 1 is 1.10 bits per heavy atom. The van der Waals surface area contributed by atoms with E-state index in [9.17, 15) is 4.79 Å². The van der Waals surface area contributed by atoms with E-state index in [2.05, 4.69) is 60.4 Å². The van der Waals surface area contributed by atoms with Crippen molar-refractivity contribution >= 4 is 27.5 Å². The average molecular weight is 407 g/mol. The first-order valence-electron chi connectivity index (χ1n) is 10.7. The van der Waals surface area contributed by atoms with Crippen LogP contribution in [-0.2, 0) is 17.8 Å². The summed E-state index contributed by atoms with van der Waals surface area (Å²) in [4.78, 5) is 21.5. The van der Waals surface area contributed by atoms with Crippen molar-refractivity contribution in [2.45, 2.75) is 44.7 Å².